The fourth-order valence-corrected chi connectivity index (χ4v) is 3.09. The van der Waals surface area contributed by atoms with Crippen molar-refractivity contribution < 1.29 is 4.74 Å². The van der Waals surface area contributed by atoms with Gasteiger partial charge in [-0.05, 0) is 61.8 Å². The number of nitrogens with zero attached hydrogens (tertiary/aromatic N) is 1. The van der Waals surface area contributed by atoms with E-state index >= 15 is 0 Å². The molecule has 0 radical (unpaired) electrons. The predicted octanol–water partition coefficient (Wildman–Crippen LogP) is 4.61. The summed E-state index contributed by atoms with van der Waals surface area (Å²) in [5.41, 5.74) is 0.802. The second-order valence-corrected chi connectivity index (χ2v) is 6.14. The number of rotatable bonds is 3. The van der Waals surface area contributed by atoms with Crippen LogP contribution in [0.1, 0.15) is 38.2 Å². The molecule has 102 valence electrons. The molecule has 0 spiro atoms. The second kappa shape index (κ2) is 5.84. The monoisotopic (exact) mass is 277 g/mol. The fourth-order valence-electron chi connectivity index (χ4n) is 2.89. The summed E-state index contributed by atoms with van der Waals surface area (Å²) in [7, 11) is 1.66. The van der Waals surface area contributed by atoms with E-state index in [1.54, 1.807) is 7.11 Å². The van der Waals surface area contributed by atoms with E-state index < -0.39 is 0 Å². The lowest BCUT2D eigenvalue weighted by Gasteiger charge is -2.34. The number of benzene rings is 1. The zero-order chi connectivity index (χ0) is 13.9. The maximum absolute atomic E-state index is 9.60. The standard InChI is InChI=1S/C16H20ClNO/c1-12-5-7-16(11-18,8-6-12)10-13-9-14(17)3-4-15(13)19-2/h3-4,9,12H,5-8,10H2,1-2H3. The molecule has 0 bridgehead atoms. The quantitative estimate of drug-likeness (QED) is 0.808. The van der Waals surface area contributed by atoms with Crippen molar-refractivity contribution in [1.82, 2.24) is 0 Å². The number of hydrogen-bond acceptors (Lipinski definition) is 2. The van der Waals surface area contributed by atoms with Crippen molar-refractivity contribution in [3.05, 3.63) is 28.8 Å². The molecule has 19 heavy (non-hydrogen) atoms. The van der Waals surface area contributed by atoms with Crippen molar-refractivity contribution in [2.24, 2.45) is 11.3 Å². The number of nitriles is 1. The Morgan fingerprint density at radius 3 is 2.68 bits per heavy atom. The molecule has 0 aliphatic heterocycles. The van der Waals surface area contributed by atoms with Crippen molar-refractivity contribution in [3.8, 4) is 11.8 Å². The Hall–Kier alpha value is -1.20. The summed E-state index contributed by atoms with van der Waals surface area (Å²) in [4.78, 5) is 0. The molecule has 1 aliphatic rings. The van der Waals surface area contributed by atoms with Crippen LogP contribution < -0.4 is 4.74 Å². The van der Waals surface area contributed by atoms with E-state index in [9.17, 15) is 5.26 Å². The molecule has 0 heterocycles. The first-order valence-electron chi connectivity index (χ1n) is 6.82. The lowest BCUT2D eigenvalue weighted by Crippen LogP contribution is -2.27. The smallest absolute Gasteiger partial charge is 0.122 e. The van der Waals surface area contributed by atoms with Gasteiger partial charge in [-0.15, -0.1) is 0 Å². The zero-order valence-electron chi connectivity index (χ0n) is 11.6. The summed E-state index contributed by atoms with van der Waals surface area (Å²) in [5.74, 6) is 1.57. The Morgan fingerprint density at radius 2 is 2.11 bits per heavy atom. The third kappa shape index (κ3) is 3.22. The van der Waals surface area contributed by atoms with Crippen LogP contribution in [0.5, 0.6) is 5.75 Å². The highest BCUT2D eigenvalue weighted by molar-refractivity contribution is 6.30. The van der Waals surface area contributed by atoms with Crippen LogP contribution >= 0.6 is 11.6 Å². The van der Waals surface area contributed by atoms with E-state index in [-0.39, 0.29) is 5.41 Å². The van der Waals surface area contributed by atoms with E-state index in [4.69, 9.17) is 16.3 Å². The van der Waals surface area contributed by atoms with Gasteiger partial charge in [0.15, 0.2) is 0 Å². The first-order chi connectivity index (χ1) is 9.08. The maximum atomic E-state index is 9.60. The summed E-state index contributed by atoms with van der Waals surface area (Å²) < 4.78 is 5.38. The van der Waals surface area contributed by atoms with E-state index in [1.807, 2.05) is 18.2 Å². The second-order valence-electron chi connectivity index (χ2n) is 5.71. The van der Waals surface area contributed by atoms with E-state index in [1.165, 1.54) is 0 Å². The van der Waals surface area contributed by atoms with Gasteiger partial charge in [0.05, 0.1) is 18.6 Å². The highest BCUT2D eigenvalue weighted by Gasteiger charge is 2.35. The molecular formula is C16H20ClNO. The Morgan fingerprint density at radius 1 is 1.42 bits per heavy atom. The van der Waals surface area contributed by atoms with Gasteiger partial charge in [-0.2, -0.15) is 5.26 Å². The van der Waals surface area contributed by atoms with Gasteiger partial charge in [-0.3, -0.25) is 0 Å². The lowest BCUT2D eigenvalue weighted by molar-refractivity contribution is 0.217. The van der Waals surface area contributed by atoms with Gasteiger partial charge in [-0.25, -0.2) is 0 Å². The van der Waals surface area contributed by atoms with Crippen LogP contribution in [0.15, 0.2) is 18.2 Å². The molecule has 0 amide bonds. The van der Waals surface area contributed by atoms with Crippen LogP contribution in [-0.2, 0) is 6.42 Å². The Balaban J connectivity index is 2.24. The Bertz CT molecular complexity index is 484. The average Bonchev–Trinajstić information content (AvgIpc) is 2.42. The van der Waals surface area contributed by atoms with Gasteiger partial charge in [0, 0.05) is 5.02 Å². The largest absolute Gasteiger partial charge is 0.496 e. The number of ether oxygens (including phenoxy) is 1. The third-order valence-corrected chi connectivity index (χ3v) is 4.47. The van der Waals surface area contributed by atoms with Crippen LogP contribution in [0.2, 0.25) is 5.02 Å². The summed E-state index contributed by atoms with van der Waals surface area (Å²) in [6.07, 6.45) is 4.95. The molecule has 2 rings (SSSR count). The zero-order valence-corrected chi connectivity index (χ0v) is 12.3. The third-order valence-electron chi connectivity index (χ3n) is 4.24. The predicted molar refractivity (Wildman–Crippen MR) is 77.4 cm³/mol. The number of methoxy groups -OCH3 is 1. The number of halogens is 1. The summed E-state index contributed by atoms with van der Waals surface area (Å²) >= 11 is 6.06. The Labute approximate surface area is 120 Å². The highest BCUT2D eigenvalue weighted by atomic mass is 35.5. The van der Waals surface area contributed by atoms with Crippen molar-refractivity contribution in [2.45, 2.75) is 39.0 Å². The van der Waals surface area contributed by atoms with E-state index in [0.717, 1.165) is 49.3 Å². The van der Waals surface area contributed by atoms with Crippen molar-refractivity contribution in [2.75, 3.05) is 7.11 Å². The van der Waals surface area contributed by atoms with Gasteiger partial charge in [-0.1, -0.05) is 18.5 Å². The van der Waals surface area contributed by atoms with Crippen LogP contribution in [0.25, 0.3) is 0 Å². The average molecular weight is 278 g/mol. The topological polar surface area (TPSA) is 33.0 Å². The van der Waals surface area contributed by atoms with Gasteiger partial charge >= 0.3 is 0 Å². The molecule has 1 aromatic carbocycles. The first kappa shape index (κ1) is 14.2. The van der Waals surface area contributed by atoms with Gasteiger partial charge < -0.3 is 4.74 Å². The molecule has 1 aliphatic carbocycles. The SMILES string of the molecule is COc1ccc(Cl)cc1CC1(C#N)CCC(C)CC1. The van der Waals surface area contributed by atoms with Crippen LogP contribution in [0, 0.1) is 22.7 Å². The van der Waals surface area contributed by atoms with Crippen molar-refractivity contribution in [3.63, 3.8) is 0 Å². The summed E-state index contributed by atoms with van der Waals surface area (Å²) in [5, 5.41) is 10.3. The minimum atomic E-state index is -0.246. The van der Waals surface area contributed by atoms with Gasteiger partial charge in [0.1, 0.15) is 5.75 Å². The molecule has 0 aromatic heterocycles. The molecule has 1 aromatic rings. The highest BCUT2D eigenvalue weighted by Crippen LogP contribution is 2.42. The normalized spacial score (nSPS) is 26.7. The molecule has 1 fully saturated rings. The first-order valence-corrected chi connectivity index (χ1v) is 7.20. The number of hydrogen-bond donors (Lipinski definition) is 0. The summed E-state index contributed by atoms with van der Waals surface area (Å²) in [6, 6.07) is 8.20. The van der Waals surface area contributed by atoms with Crippen molar-refractivity contribution >= 4 is 11.6 Å². The van der Waals surface area contributed by atoms with Gasteiger partial charge in [0.2, 0.25) is 0 Å². The fraction of sp³-hybridized carbons (Fsp3) is 0.562. The van der Waals surface area contributed by atoms with Crippen LogP contribution in [0.4, 0.5) is 0 Å². The molecule has 0 atom stereocenters. The molecule has 1 saturated carbocycles. The van der Waals surface area contributed by atoms with E-state index in [2.05, 4.69) is 13.0 Å². The molecule has 0 N–H and O–H groups in total. The lowest BCUT2D eigenvalue weighted by atomic mass is 9.68. The van der Waals surface area contributed by atoms with Crippen LogP contribution in [-0.4, -0.2) is 7.11 Å². The van der Waals surface area contributed by atoms with Crippen molar-refractivity contribution in [1.29, 1.82) is 5.26 Å². The molecular weight excluding hydrogens is 258 g/mol. The minimum absolute atomic E-state index is 0.246. The minimum Gasteiger partial charge on any atom is -0.496 e. The summed E-state index contributed by atoms with van der Waals surface area (Å²) in [6.45, 7) is 2.27. The Kier molecular flexibility index (Phi) is 4.37. The molecule has 0 saturated heterocycles. The molecule has 0 unspecified atom stereocenters. The molecule has 2 nitrogen and oxygen atoms in total. The maximum Gasteiger partial charge on any atom is 0.122 e. The molecule has 3 heteroatoms. The van der Waals surface area contributed by atoms with E-state index in [0.29, 0.717) is 5.02 Å². The van der Waals surface area contributed by atoms with Gasteiger partial charge in [0.25, 0.3) is 0 Å². The van der Waals surface area contributed by atoms with Crippen LogP contribution in [0.3, 0.4) is 0 Å².